The van der Waals surface area contributed by atoms with Gasteiger partial charge in [-0.1, -0.05) is 30.7 Å². The van der Waals surface area contributed by atoms with Crippen molar-refractivity contribution in [1.29, 1.82) is 0 Å². The maximum Gasteiger partial charge on any atom is 0.0521 e. The predicted octanol–water partition coefficient (Wildman–Crippen LogP) is 4.56. The van der Waals surface area contributed by atoms with Crippen molar-refractivity contribution in [3.05, 3.63) is 35.4 Å². The van der Waals surface area contributed by atoms with E-state index in [1.54, 1.807) is 11.1 Å². The number of benzene rings is 1. The molecule has 3 aliphatic rings. The highest BCUT2D eigenvalue weighted by Gasteiger charge is 2.52. The van der Waals surface area contributed by atoms with Crippen LogP contribution in [-0.2, 0) is 11.2 Å². The van der Waals surface area contributed by atoms with Gasteiger partial charge in [-0.25, -0.2) is 0 Å². The van der Waals surface area contributed by atoms with E-state index in [1.165, 1.54) is 44.9 Å². The molecule has 4 rings (SSSR count). The molecule has 1 heteroatoms. The van der Waals surface area contributed by atoms with Crippen LogP contribution in [0.25, 0.3) is 0 Å². The maximum absolute atomic E-state index is 5.64. The van der Waals surface area contributed by atoms with Crippen LogP contribution in [0.2, 0.25) is 0 Å². The Morgan fingerprint density at radius 2 is 2.05 bits per heavy atom. The Morgan fingerprint density at radius 1 is 1.15 bits per heavy atom. The quantitative estimate of drug-likeness (QED) is 0.765. The van der Waals surface area contributed by atoms with Crippen LogP contribution in [0.3, 0.4) is 0 Å². The van der Waals surface area contributed by atoms with Gasteiger partial charge in [0.1, 0.15) is 0 Å². The molecule has 0 radical (unpaired) electrons. The SMILES string of the molecule is COC[C@@]12CCC[C@H]1[C@@H]1CCc3ccccc3[C@H]1CC2. The average Bonchev–Trinajstić information content (AvgIpc) is 2.91. The first-order valence-electron chi connectivity index (χ1n) is 8.41. The van der Waals surface area contributed by atoms with Crippen LogP contribution < -0.4 is 0 Å². The van der Waals surface area contributed by atoms with Crippen LogP contribution >= 0.6 is 0 Å². The minimum atomic E-state index is 0.530. The van der Waals surface area contributed by atoms with Gasteiger partial charge in [-0.3, -0.25) is 0 Å². The van der Waals surface area contributed by atoms with Crippen molar-refractivity contribution in [2.24, 2.45) is 17.3 Å². The van der Waals surface area contributed by atoms with E-state index >= 15 is 0 Å². The molecule has 0 amide bonds. The van der Waals surface area contributed by atoms with Gasteiger partial charge in [0.2, 0.25) is 0 Å². The second kappa shape index (κ2) is 4.87. The number of aryl methyl sites for hydroxylation is 1. The van der Waals surface area contributed by atoms with Crippen molar-refractivity contribution in [2.45, 2.75) is 50.9 Å². The maximum atomic E-state index is 5.64. The largest absolute Gasteiger partial charge is 0.384 e. The lowest BCUT2D eigenvalue weighted by Crippen LogP contribution is -2.43. The highest BCUT2D eigenvalue weighted by Crippen LogP contribution is 2.60. The minimum absolute atomic E-state index is 0.530. The number of fused-ring (bicyclic) bond motifs is 5. The predicted molar refractivity (Wildman–Crippen MR) is 81.9 cm³/mol. The third-order valence-corrected chi connectivity index (χ3v) is 6.60. The standard InChI is InChI=1S/C19H26O/c1-20-13-19-11-4-7-18(19)17-9-8-14-5-2-3-6-15(14)16(17)10-12-19/h2-3,5-6,16-18H,4,7-13H2,1H3/t16-,17-,18+,19+/m1/s1. The Labute approximate surface area is 122 Å². The molecular formula is C19H26O. The molecule has 0 saturated heterocycles. The molecule has 1 aromatic carbocycles. The van der Waals surface area contributed by atoms with Crippen molar-refractivity contribution in [3.63, 3.8) is 0 Å². The molecule has 0 aromatic heterocycles. The Hall–Kier alpha value is -0.820. The molecule has 0 bridgehead atoms. The molecule has 3 aliphatic carbocycles. The van der Waals surface area contributed by atoms with E-state index in [9.17, 15) is 0 Å². The molecule has 2 saturated carbocycles. The molecule has 1 aromatic rings. The van der Waals surface area contributed by atoms with Crippen LogP contribution in [0.4, 0.5) is 0 Å². The fourth-order valence-electron chi connectivity index (χ4n) is 5.85. The molecular weight excluding hydrogens is 244 g/mol. The normalized spacial score (nSPS) is 39.0. The Bertz CT molecular complexity index is 494. The summed E-state index contributed by atoms with van der Waals surface area (Å²) in [7, 11) is 1.90. The van der Waals surface area contributed by atoms with E-state index in [1.807, 2.05) is 7.11 Å². The zero-order valence-corrected chi connectivity index (χ0v) is 12.6. The average molecular weight is 270 g/mol. The number of rotatable bonds is 2. The van der Waals surface area contributed by atoms with E-state index in [-0.39, 0.29) is 0 Å². The molecule has 2 fully saturated rings. The third-order valence-electron chi connectivity index (χ3n) is 6.60. The van der Waals surface area contributed by atoms with Crippen molar-refractivity contribution < 1.29 is 4.74 Å². The molecule has 0 unspecified atom stereocenters. The van der Waals surface area contributed by atoms with Crippen molar-refractivity contribution in [1.82, 2.24) is 0 Å². The third kappa shape index (κ3) is 1.79. The Morgan fingerprint density at radius 3 is 2.95 bits per heavy atom. The number of ether oxygens (including phenoxy) is 1. The van der Waals surface area contributed by atoms with E-state index < -0.39 is 0 Å². The van der Waals surface area contributed by atoms with Gasteiger partial charge in [0.15, 0.2) is 0 Å². The van der Waals surface area contributed by atoms with Gasteiger partial charge in [0, 0.05) is 7.11 Å². The fraction of sp³-hybridized carbons (Fsp3) is 0.684. The van der Waals surface area contributed by atoms with E-state index in [0.717, 1.165) is 24.4 Å². The van der Waals surface area contributed by atoms with Gasteiger partial charge in [-0.15, -0.1) is 0 Å². The first-order chi connectivity index (χ1) is 9.84. The lowest BCUT2D eigenvalue weighted by atomic mass is 9.55. The van der Waals surface area contributed by atoms with Crippen molar-refractivity contribution in [2.75, 3.05) is 13.7 Å². The van der Waals surface area contributed by atoms with Gasteiger partial charge in [0.05, 0.1) is 6.61 Å². The zero-order valence-electron chi connectivity index (χ0n) is 12.6. The van der Waals surface area contributed by atoms with Gasteiger partial charge >= 0.3 is 0 Å². The summed E-state index contributed by atoms with van der Waals surface area (Å²) in [6.07, 6.45) is 9.79. The molecule has 0 heterocycles. The second-order valence-electron chi connectivity index (χ2n) is 7.34. The molecule has 108 valence electrons. The van der Waals surface area contributed by atoms with Crippen LogP contribution in [-0.4, -0.2) is 13.7 Å². The molecule has 1 nitrogen and oxygen atoms in total. The fourth-order valence-corrected chi connectivity index (χ4v) is 5.85. The van der Waals surface area contributed by atoms with Gasteiger partial charge in [0.25, 0.3) is 0 Å². The topological polar surface area (TPSA) is 9.23 Å². The summed E-state index contributed by atoms with van der Waals surface area (Å²) >= 11 is 0. The molecule has 4 atom stereocenters. The summed E-state index contributed by atoms with van der Waals surface area (Å²) in [6, 6.07) is 9.22. The lowest BCUT2D eigenvalue weighted by molar-refractivity contribution is -0.0201. The summed E-state index contributed by atoms with van der Waals surface area (Å²) < 4.78 is 5.64. The molecule has 0 N–H and O–H groups in total. The van der Waals surface area contributed by atoms with E-state index in [0.29, 0.717) is 5.41 Å². The highest BCUT2D eigenvalue weighted by molar-refractivity contribution is 5.34. The number of hydrogen-bond acceptors (Lipinski definition) is 1. The van der Waals surface area contributed by atoms with E-state index in [4.69, 9.17) is 4.74 Å². The summed E-state index contributed by atoms with van der Waals surface area (Å²) in [4.78, 5) is 0. The second-order valence-corrected chi connectivity index (χ2v) is 7.34. The smallest absolute Gasteiger partial charge is 0.0521 e. The van der Waals surface area contributed by atoms with Crippen LogP contribution in [0.5, 0.6) is 0 Å². The van der Waals surface area contributed by atoms with Crippen LogP contribution in [0.15, 0.2) is 24.3 Å². The van der Waals surface area contributed by atoms with Crippen LogP contribution in [0, 0.1) is 17.3 Å². The Kier molecular flexibility index (Phi) is 3.14. The first kappa shape index (κ1) is 12.9. The zero-order chi connectivity index (χ0) is 13.6. The minimum Gasteiger partial charge on any atom is -0.384 e. The molecule has 20 heavy (non-hydrogen) atoms. The van der Waals surface area contributed by atoms with Gasteiger partial charge < -0.3 is 4.74 Å². The summed E-state index contributed by atoms with van der Waals surface area (Å²) in [5.74, 6) is 2.69. The van der Waals surface area contributed by atoms with Gasteiger partial charge in [-0.05, 0) is 72.8 Å². The number of methoxy groups -OCH3 is 1. The highest BCUT2D eigenvalue weighted by atomic mass is 16.5. The summed E-state index contributed by atoms with van der Waals surface area (Å²) in [5.41, 5.74) is 3.84. The van der Waals surface area contributed by atoms with Crippen molar-refractivity contribution >= 4 is 0 Å². The Balaban J connectivity index is 1.68. The molecule has 0 aliphatic heterocycles. The van der Waals surface area contributed by atoms with E-state index in [2.05, 4.69) is 24.3 Å². The first-order valence-corrected chi connectivity index (χ1v) is 8.41. The van der Waals surface area contributed by atoms with Crippen molar-refractivity contribution in [3.8, 4) is 0 Å². The summed E-state index contributed by atoms with van der Waals surface area (Å²) in [5, 5.41) is 0. The van der Waals surface area contributed by atoms with Gasteiger partial charge in [-0.2, -0.15) is 0 Å². The monoisotopic (exact) mass is 270 g/mol. The summed E-state index contributed by atoms with van der Waals surface area (Å²) in [6.45, 7) is 1.00. The number of hydrogen-bond donors (Lipinski definition) is 0. The lowest BCUT2D eigenvalue weighted by Gasteiger charge is -2.50. The van der Waals surface area contributed by atoms with Crippen LogP contribution in [0.1, 0.15) is 55.6 Å². The molecule has 0 spiro atoms.